The highest BCUT2D eigenvalue weighted by Crippen LogP contribution is 2.24. The molecule has 2 aromatic rings. The van der Waals surface area contributed by atoms with Crippen LogP contribution >= 0.6 is 11.3 Å². The first-order chi connectivity index (χ1) is 11.6. The first-order valence-corrected chi connectivity index (χ1v) is 10.7. The molecule has 0 N–H and O–H groups in total. The highest BCUT2D eigenvalue weighted by molar-refractivity contribution is 7.89. The summed E-state index contributed by atoms with van der Waals surface area (Å²) in [4.78, 5) is 2.74. The van der Waals surface area contributed by atoms with Crippen LogP contribution in [0.25, 0.3) is 0 Å². The van der Waals surface area contributed by atoms with Gasteiger partial charge in [0.25, 0.3) is 0 Å². The lowest BCUT2D eigenvalue weighted by molar-refractivity contribution is 0.164. The van der Waals surface area contributed by atoms with Crippen LogP contribution in [-0.2, 0) is 16.4 Å². The zero-order valence-corrected chi connectivity index (χ0v) is 15.6. The van der Waals surface area contributed by atoms with Gasteiger partial charge in [-0.3, -0.25) is 0 Å². The molecule has 1 aliphatic heterocycles. The van der Waals surface area contributed by atoms with Gasteiger partial charge in [-0.1, -0.05) is 30.3 Å². The molecule has 1 aliphatic rings. The van der Waals surface area contributed by atoms with Crippen LogP contribution in [0.3, 0.4) is 0 Å². The quantitative estimate of drug-likeness (QED) is 0.791. The average molecular weight is 365 g/mol. The third-order valence-electron chi connectivity index (χ3n) is 4.71. The van der Waals surface area contributed by atoms with E-state index in [-0.39, 0.29) is 6.04 Å². The van der Waals surface area contributed by atoms with Crippen LogP contribution in [0.15, 0.2) is 52.1 Å². The minimum Gasteiger partial charge on any atom is -0.302 e. The summed E-state index contributed by atoms with van der Waals surface area (Å²) in [5.74, 6) is 0. The lowest BCUT2D eigenvalue weighted by Gasteiger charge is -2.36. The number of hydrogen-bond donors (Lipinski definition) is 0. The van der Waals surface area contributed by atoms with Crippen LogP contribution in [-0.4, -0.2) is 50.3 Å². The molecule has 1 atom stereocenters. The fourth-order valence-electron chi connectivity index (χ4n) is 3.18. The van der Waals surface area contributed by atoms with Gasteiger partial charge in [0.1, 0.15) is 0 Å². The lowest BCUT2D eigenvalue weighted by Crippen LogP contribution is -2.48. The van der Waals surface area contributed by atoms with Gasteiger partial charge in [0.2, 0.25) is 10.0 Å². The molecule has 0 radical (unpaired) electrons. The van der Waals surface area contributed by atoms with Crippen molar-refractivity contribution in [3.8, 4) is 0 Å². The standard InChI is InChI=1S/C18H24N2O2S2/c1-19(12-9-16-6-3-2-4-7-16)17-8-5-11-20(14-17)24(21,22)18-10-13-23-15-18/h2-4,6-7,10,13,15,17H,5,8-9,11-12,14H2,1H3. The van der Waals surface area contributed by atoms with Crippen molar-refractivity contribution in [3.63, 3.8) is 0 Å². The first kappa shape index (κ1) is 17.6. The molecule has 3 rings (SSSR count). The van der Waals surface area contributed by atoms with E-state index in [0.717, 1.165) is 25.8 Å². The number of rotatable bonds is 6. The third kappa shape index (κ3) is 4.06. The number of sulfonamides is 1. The van der Waals surface area contributed by atoms with Gasteiger partial charge in [-0.25, -0.2) is 8.42 Å². The molecule has 1 aromatic heterocycles. The lowest BCUT2D eigenvalue weighted by atomic mass is 10.1. The molecule has 1 unspecified atom stereocenters. The Labute approximate surface area is 148 Å². The number of piperidine rings is 1. The predicted molar refractivity (Wildman–Crippen MR) is 98.9 cm³/mol. The van der Waals surface area contributed by atoms with E-state index in [4.69, 9.17) is 0 Å². The number of benzene rings is 1. The van der Waals surface area contributed by atoms with Gasteiger partial charge in [-0.05, 0) is 43.3 Å². The van der Waals surface area contributed by atoms with E-state index in [9.17, 15) is 8.42 Å². The van der Waals surface area contributed by atoms with Crippen LogP contribution in [0.1, 0.15) is 18.4 Å². The van der Waals surface area contributed by atoms with Crippen molar-refractivity contribution in [2.45, 2.75) is 30.2 Å². The molecule has 0 aliphatic carbocycles. The highest BCUT2D eigenvalue weighted by Gasteiger charge is 2.31. The summed E-state index contributed by atoms with van der Waals surface area (Å²) in [7, 11) is -1.23. The smallest absolute Gasteiger partial charge is 0.243 e. The van der Waals surface area contributed by atoms with Gasteiger partial charge in [-0.2, -0.15) is 15.6 Å². The predicted octanol–water partition coefficient (Wildman–Crippen LogP) is 3.08. The zero-order valence-electron chi connectivity index (χ0n) is 14.0. The van der Waals surface area contributed by atoms with Crippen LogP contribution < -0.4 is 0 Å². The summed E-state index contributed by atoms with van der Waals surface area (Å²) in [6, 6.07) is 12.4. The monoisotopic (exact) mass is 364 g/mol. The Morgan fingerprint density at radius 1 is 1.25 bits per heavy atom. The number of hydrogen-bond acceptors (Lipinski definition) is 4. The van der Waals surface area contributed by atoms with Crippen molar-refractivity contribution >= 4 is 21.4 Å². The van der Waals surface area contributed by atoms with Gasteiger partial charge in [0, 0.05) is 31.1 Å². The number of likely N-dealkylation sites (N-methyl/N-ethyl adjacent to an activating group) is 1. The van der Waals surface area contributed by atoms with Crippen LogP contribution in [0.5, 0.6) is 0 Å². The van der Waals surface area contributed by atoms with Crippen molar-refractivity contribution in [1.82, 2.24) is 9.21 Å². The molecule has 2 heterocycles. The molecule has 130 valence electrons. The SMILES string of the molecule is CN(CCc1ccccc1)C1CCCN(S(=O)(=O)c2ccsc2)C1. The molecule has 1 fully saturated rings. The maximum atomic E-state index is 12.7. The fourth-order valence-corrected chi connectivity index (χ4v) is 5.71. The summed E-state index contributed by atoms with van der Waals surface area (Å²) in [6.45, 7) is 2.16. The van der Waals surface area contributed by atoms with Crippen molar-refractivity contribution in [2.24, 2.45) is 0 Å². The van der Waals surface area contributed by atoms with Gasteiger partial charge < -0.3 is 4.90 Å². The second-order valence-corrected chi connectivity index (χ2v) is 9.05. The molecule has 4 nitrogen and oxygen atoms in total. The summed E-state index contributed by atoms with van der Waals surface area (Å²) in [6.07, 6.45) is 2.97. The van der Waals surface area contributed by atoms with Gasteiger partial charge in [0.05, 0.1) is 4.90 Å². The Balaban J connectivity index is 1.61. The second-order valence-electron chi connectivity index (χ2n) is 6.33. The van der Waals surface area contributed by atoms with Gasteiger partial charge >= 0.3 is 0 Å². The minimum atomic E-state index is -3.34. The maximum Gasteiger partial charge on any atom is 0.243 e. The van der Waals surface area contributed by atoms with Crippen molar-refractivity contribution < 1.29 is 8.42 Å². The molecule has 1 aromatic carbocycles. The molecule has 0 bridgehead atoms. The van der Waals surface area contributed by atoms with E-state index in [1.165, 1.54) is 16.9 Å². The van der Waals surface area contributed by atoms with E-state index in [0.29, 0.717) is 18.0 Å². The zero-order chi connectivity index (χ0) is 17.0. The topological polar surface area (TPSA) is 40.6 Å². The van der Waals surface area contributed by atoms with Crippen molar-refractivity contribution in [2.75, 3.05) is 26.7 Å². The van der Waals surface area contributed by atoms with E-state index in [1.54, 1.807) is 15.8 Å². The molecular weight excluding hydrogens is 340 g/mol. The molecule has 24 heavy (non-hydrogen) atoms. The van der Waals surface area contributed by atoms with Crippen LogP contribution in [0.2, 0.25) is 0 Å². The Morgan fingerprint density at radius 2 is 2.04 bits per heavy atom. The summed E-state index contributed by atoms with van der Waals surface area (Å²) >= 11 is 1.43. The van der Waals surface area contributed by atoms with Crippen LogP contribution in [0, 0.1) is 0 Å². The summed E-state index contributed by atoms with van der Waals surface area (Å²) < 4.78 is 27.1. The Morgan fingerprint density at radius 3 is 2.75 bits per heavy atom. The van der Waals surface area contributed by atoms with E-state index in [1.807, 2.05) is 11.4 Å². The molecule has 0 spiro atoms. The Bertz CT molecular complexity index is 730. The van der Waals surface area contributed by atoms with E-state index < -0.39 is 10.0 Å². The molecule has 0 saturated carbocycles. The maximum absolute atomic E-state index is 12.7. The minimum absolute atomic E-state index is 0.288. The van der Waals surface area contributed by atoms with Crippen LogP contribution in [0.4, 0.5) is 0 Å². The summed E-state index contributed by atoms with van der Waals surface area (Å²) in [5.41, 5.74) is 1.32. The molecular formula is C18H24N2O2S2. The van der Waals surface area contributed by atoms with Gasteiger partial charge in [0.15, 0.2) is 0 Å². The first-order valence-electron chi connectivity index (χ1n) is 8.34. The molecule has 0 amide bonds. The number of nitrogens with zero attached hydrogens (tertiary/aromatic N) is 2. The largest absolute Gasteiger partial charge is 0.302 e. The average Bonchev–Trinajstić information content (AvgIpc) is 3.16. The number of thiophene rings is 1. The highest BCUT2D eigenvalue weighted by atomic mass is 32.2. The van der Waals surface area contributed by atoms with Crippen molar-refractivity contribution in [3.05, 3.63) is 52.7 Å². The molecule has 6 heteroatoms. The second kappa shape index (κ2) is 7.78. The van der Waals surface area contributed by atoms with Crippen molar-refractivity contribution in [1.29, 1.82) is 0 Å². The van der Waals surface area contributed by atoms with E-state index >= 15 is 0 Å². The Kier molecular flexibility index (Phi) is 5.71. The molecule has 1 saturated heterocycles. The van der Waals surface area contributed by atoms with E-state index in [2.05, 4.69) is 36.2 Å². The third-order valence-corrected chi connectivity index (χ3v) is 7.41. The summed E-state index contributed by atoms with van der Waals surface area (Å²) in [5, 5.41) is 3.54. The Hall–Kier alpha value is -1.21. The normalized spacial score (nSPS) is 19.7. The fraction of sp³-hybridized carbons (Fsp3) is 0.444. The van der Waals surface area contributed by atoms with Gasteiger partial charge in [-0.15, -0.1) is 0 Å².